The summed E-state index contributed by atoms with van der Waals surface area (Å²) in [5, 5.41) is 3.47. The summed E-state index contributed by atoms with van der Waals surface area (Å²) in [6, 6.07) is 9.42. The Labute approximate surface area is 118 Å². The molecule has 3 nitrogen and oxygen atoms in total. The molecule has 0 aliphatic rings. The standard InChI is InChI=1S/C16H28N2O/c1-13(2)17-10-9-14(3)18(4)12-15-7-6-8-16(11-15)19-5/h6-8,11,13-14,17H,9-10,12H2,1-5H3. The first-order valence-corrected chi connectivity index (χ1v) is 7.09. The van der Waals surface area contributed by atoms with E-state index in [0.29, 0.717) is 12.1 Å². The molecule has 1 atom stereocenters. The predicted octanol–water partition coefficient (Wildman–Crippen LogP) is 2.90. The highest BCUT2D eigenvalue weighted by Gasteiger charge is 2.10. The number of methoxy groups -OCH3 is 1. The molecule has 0 heterocycles. The van der Waals surface area contributed by atoms with Gasteiger partial charge in [0.2, 0.25) is 0 Å². The molecular formula is C16H28N2O. The van der Waals surface area contributed by atoms with E-state index in [2.05, 4.69) is 50.2 Å². The average molecular weight is 264 g/mol. The predicted molar refractivity (Wildman–Crippen MR) is 81.7 cm³/mol. The minimum absolute atomic E-state index is 0.566. The van der Waals surface area contributed by atoms with Crippen LogP contribution in [0.2, 0.25) is 0 Å². The van der Waals surface area contributed by atoms with Crippen molar-refractivity contribution in [1.82, 2.24) is 10.2 Å². The molecule has 0 spiro atoms. The summed E-state index contributed by atoms with van der Waals surface area (Å²) < 4.78 is 5.26. The number of nitrogens with one attached hydrogen (secondary N) is 1. The van der Waals surface area contributed by atoms with Crippen LogP contribution < -0.4 is 10.1 Å². The average Bonchev–Trinajstić information content (AvgIpc) is 2.38. The second-order valence-electron chi connectivity index (χ2n) is 5.51. The largest absolute Gasteiger partial charge is 0.497 e. The molecule has 1 N–H and O–H groups in total. The molecule has 108 valence electrons. The molecule has 0 aliphatic carbocycles. The lowest BCUT2D eigenvalue weighted by Gasteiger charge is -2.25. The lowest BCUT2D eigenvalue weighted by atomic mass is 10.1. The van der Waals surface area contributed by atoms with Crippen LogP contribution in [0, 0.1) is 0 Å². The smallest absolute Gasteiger partial charge is 0.119 e. The Morgan fingerprint density at radius 3 is 2.63 bits per heavy atom. The van der Waals surface area contributed by atoms with Crippen LogP contribution in [-0.2, 0) is 6.54 Å². The number of hydrogen-bond donors (Lipinski definition) is 1. The first-order chi connectivity index (χ1) is 9.02. The Balaban J connectivity index is 2.42. The van der Waals surface area contributed by atoms with Gasteiger partial charge in [-0.05, 0) is 44.6 Å². The Morgan fingerprint density at radius 1 is 1.26 bits per heavy atom. The SMILES string of the molecule is COc1cccc(CN(C)C(C)CCNC(C)C)c1. The Hall–Kier alpha value is -1.06. The van der Waals surface area contributed by atoms with Crippen molar-refractivity contribution in [2.75, 3.05) is 20.7 Å². The van der Waals surface area contributed by atoms with Crippen molar-refractivity contribution >= 4 is 0 Å². The van der Waals surface area contributed by atoms with Gasteiger partial charge >= 0.3 is 0 Å². The quantitative estimate of drug-likeness (QED) is 0.781. The molecule has 0 radical (unpaired) electrons. The van der Waals surface area contributed by atoms with Crippen LogP contribution in [0.25, 0.3) is 0 Å². The molecule has 1 unspecified atom stereocenters. The molecule has 3 heteroatoms. The summed E-state index contributed by atoms with van der Waals surface area (Å²) in [4.78, 5) is 2.39. The Kier molecular flexibility index (Phi) is 6.89. The first-order valence-electron chi connectivity index (χ1n) is 7.09. The van der Waals surface area contributed by atoms with Gasteiger partial charge in [0.05, 0.1) is 7.11 Å². The van der Waals surface area contributed by atoms with Gasteiger partial charge in [-0.1, -0.05) is 26.0 Å². The second kappa shape index (κ2) is 8.18. The van der Waals surface area contributed by atoms with Gasteiger partial charge in [-0.25, -0.2) is 0 Å². The Bertz CT molecular complexity index is 366. The molecule has 0 saturated carbocycles. The molecule has 0 amide bonds. The molecule has 1 rings (SSSR count). The van der Waals surface area contributed by atoms with Gasteiger partial charge in [-0.3, -0.25) is 4.90 Å². The topological polar surface area (TPSA) is 24.5 Å². The fourth-order valence-electron chi connectivity index (χ4n) is 2.02. The molecule has 1 aromatic rings. The zero-order valence-corrected chi connectivity index (χ0v) is 12.9. The van der Waals surface area contributed by atoms with Gasteiger partial charge in [-0.2, -0.15) is 0 Å². The second-order valence-corrected chi connectivity index (χ2v) is 5.51. The molecule has 0 aliphatic heterocycles. The lowest BCUT2D eigenvalue weighted by Crippen LogP contribution is -2.33. The van der Waals surface area contributed by atoms with Crippen LogP contribution in [0.4, 0.5) is 0 Å². The number of hydrogen-bond acceptors (Lipinski definition) is 3. The third-order valence-electron chi connectivity index (χ3n) is 3.43. The van der Waals surface area contributed by atoms with E-state index in [1.165, 1.54) is 12.0 Å². The number of nitrogens with zero attached hydrogens (tertiary/aromatic N) is 1. The summed E-state index contributed by atoms with van der Waals surface area (Å²) in [5.41, 5.74) is 1.30. The summed E-state index contributed by atoms with van der Waals surface area (Å²) in [6.07, 6.45) is 1.17. The molecule has 0 aromatic heterocycles. The highest BCUT2D eigenvalue weighted by atomic mass is 16.5. The van der Waals surface area contributed by atoms with Crippen LogP contribution in [0.15, 0.2) is 24.3 Å². The maximum atomic E-state index is 5.26. The minimum atomic E-state index is 0.566. The summed E-state index contributed by atoms with van der Waals surface area (Å²) in [5.74, 6) is 0.931. The van der Waals surface area contributed by atoms with Crippen LogP contribution in [0.1, 0.15) is 32.8 Å². The van der Waals surface area contributed by atoms with Gasteiger partial charge < -0.3 is 10.1 Å². The van der Waals surface area contributed by atoms with Crippen molar-refractivity contribution in [1.29, 1.82) is 0 Å². The van der Waals surface area contributed by atoms with Crippen LogP contribution in [0.5, 0.6) is 5.75 Å². The summed E-state index contributed by atoms with van der Waals surface area (Å²) >= 11 is 0. The van der Waals surface area contributed by atoms with E-state index >= 15 is 0 Å². The van der Waals surface area contributed by atoms with Gasteiger partial charge in [0, 0.05) is 18.6 Å². The Morgan fingerprint density at radius 2 is 2.00 bits per heavy atom. The third-order valence-corrected chi connectivity index (χ3v) is 3.43. The van der Waals surface area contributed by atoms with E-state index in [1.54, 1.807) is 7.11 Å². The fraction of sp³-hybridized carbons (Fsp3) is 0.625. The van der Waals surface area contributed by atoms with Crippen molar-refractivity contribution in [2.24, 2.45) is 0 Å². The maximum Gasteiger partial charge on any atom is 0.119 e. The minimum Gasteiger partial charge on any atom is -0.497 e. The van der Waals surface area contributed by atoms with E-state index in [1.807, 2.05) is 12.1 Å². The van der Waals surface area contributed by atoms with Crippen molar-refractivity contribution in [2.45, 2.75) is 45.8 Å². The number of benzene rings is 1. The van der Waals surface area contributed by atoms with E-state index < -0.39 is 0 Å². The number of ether oxygens (including phenoxy) is 1. The zero-order chi connectivity index (χ0) is 14.3. The first kappa shape index (κ1) is 16.0. The molecular weight excluding hydrogens is 236 g/mol. The highest BCUT2D eigenvalue weighted by Crippen LogP contribution is 2.15. The fourth-order valence-corrected chi connectivity index (χ4v) is 2.02. The van der Waals surface area contributed by atoms with Crippen LogP contribution in [0.3, 0.4) is 0 Å². The van der Waals surface area contributed by atoms with Gasteiger partial charge in [0.15, 0.2) is 0 Å². The van der Waals surface area contributed by atoms with Crippen LogP contribution >= 0.6 is 0 Å². The van der Waals surface area contributed by atoms with Crippen molar-refractivity contribution in [3.63, 3.8) is 0 Å². The van der Waals surface area contributed by atoms with E-state index in [-0.39, 0.29) is 0 Å². The monoisotopic (exact) mass is 264 g/mol. The molecule has 19 heavy (non-hydrogen) atoms. The highest BCUT2D eigenvalue weighted by molar-refractivity contribution is 5.28. The summed E-state index contributed by atoms with van der Waals surface area (Å²) in [6.45, 7) is 8.68. The van der Waals surface area contributed by atoms with E-state index in [9.17, 15) is 0 Å². The third kappa shape index (κ3) is 6.08. The molecule has 1 aromatic carbocycles. The van der Waals surface area contributed by atoms with Gasteiger partial charge in [0.25, 0.3) is 0 Å². The van der Waals surface area contributed by atoms with Crippen molar-refractivity contribution in [3.05, 3.63) is 29.8 Å². The molecule has 0 fully saturated rings. The van der Waals surface area contributed by atoms with Gasteiger partial charge in [0.1, 0.15) is 5.75 Å². The summed E-state index contributed by atoms with van der Waals surface area (Å²) in [7, 11) is 3.89. The number of rotatable bonds is 8. The zero-order valence-electron chi connectivity index (χ0n) is 12.9. The molecule has 0 saturated heterocycles. The normalized spacial score (nSPS) is 13.0. The van der Waals surface area contributed by atoms with E-state index in [4.69, 9.17) is 4.74 Å². The maximum absolute atomic E-state index is 5.26. The lowest BCUT2D eigenvalue weighted by molar-refractivity contribution is 0.235. The van der Waals surface area contributed by atoms with Crippen LogP contribution in [-0.4, -0.2) is 37.7 Å². The van der Waals surface area contributed by atoms with Gasteiger partial charge in [-0.15, -0.1) is 0 Å². The van der Waals surface area contributed by atoms with E-state index in [0.717, 1.165) is 18.8 Å². The molecule has 0 bridgehead atoms. The van der Waals surface area contributed by atoms with Crippen molar-refractivity contribution < 1.29 is 4.74 Å². The van der Waals surface area contributed by atoms with Crippen molar-refractivity contribution in [3.8, 4) is 5.75 Å².